The van der Waals surface area contributed by atoms with E-state index in [0.29, 0.717) is 12.1 Å². The van der Waals surface area contributed by atoms with Gasteiger partial charge in [0.15, 0.2) is 0 Å². The van der Waals surface area contributed by atoms with Crippen LogP contribution in [-0.2, 0) is 11.3 Å². The number of benzene rings is 3. The Balaban J connectivity index is 1.36. The zero-order valence-electron chi connectivity index (χ0n) is 18.1. The fourth-order valence-corrected chi connectivity index (χ4v) is 5.22. The van der Waals surface area contributed by atoms with Gasteiger partial charge < -0.3 is 10.0 Å². The molecule has 32 heavy (non-hydrogen) atoms. The molecular weight excluding hydrogens is 403 g/mol. The highest BCUT2D eigenvalue weighted by atomic mass is 19.1. The summed E-state index contributed by atoms with van der Waals surface area (Å²) in [5, 5.41) is 10.0. The highest BCUT2D eigenvalue weighted by Gasteiger charge is 2.53. The molecule has 0 unspecified atom stereocenters. The van der Waals surface area contributed by atoms with Gasteiger partial charge in [0.05, 0.1) is 25.2 Å². The van der Waals surface area contributed by atoms with Gasteiger partial charge >= 0.3 is 0 Å². The molecule has 2 heterocycles. The van der Waals surface area contributed by atoms with Crippen LogP contribution in [0.15, 0.2) is 72.8 Å². The SMILES string of the molecule is Cc1ccc(CN2CC(=O)N3[C@@H](CO)[C@H](c4ccc(-c5ccccc5F)cc4)[C@@H]3C2)cc1. The maximum absolute atomic E-state index is 14.2. The summed E-state index contributed by atoms with van der Waals surface area (Å²) >= 11 is 0. The monoisotopic (exact) mass is 430 g/mol. The van der Waals surface area contributed by atoms with E-state index in [1.54, 1.807) is 12.1 Å². The second kappa shape index (κ2) is 8.49. The number of fused-ring (bicyclic) bond motifs is 1. The molecule has 0 spiro atoms. The summed E-state index contributed by atoms with van der Waals surface area (Å²) < 4.78 is 14.2. The van der Waals surface area contributed by atoms with E-state index >= 15 is 0 Å². The predicted molar refractivity (Wildman–Crippen MR) is 123 cm³/mol. The van der Waals surface area contributed by atoms with Crippen LogP contribution in [0.4, 0.5) is 4.39 Å². The molecule has 3 aromatic carbocycles. The Morgan fingerprint density at radius 2 is 1.72 bits per heavy atom. The van der Waals surface area contributed by atoms with Crippen LogP contribution in [0.25, 0.3) is 11.1 Å². The van der Waals surface area contributed by atoms with Crippen LogP contribution < -0.4 is 0 Å². The molecule has 0 aromatic heterocycles. The maximum atomic E-state index is 14.2. The number of hydrogen-bond acceptors (Lipinski definition) is 3. The number of carbonyl (C=O) groups excluding carboxylic acids is 1. The molecule has 0 saturated carbocycles. The van der Waals surface area contributed by atoms with E-state index < -0.39 is 0 Å². The fraction of sp³-hybridized carbons (Fsp3) is 0.296. The lowest BCUT2D eigenvalue weighted by Crippen LogP contribution is -2.72. The van der Waals surface area contributed by atoms with Gasteiger partial charge in [-0.15, -0.1) is 0 Å². The summed E-state index contributed by atoms with van der Waals surface area (Å²) in [4.78, 5) is 16.9. The third kappa shape index (κ3) is 3.72. The van der Waals surface area contributed by atoms with E-state index in [2.05, 4.69) is 36.1 Å². The topological polar surface area (TPSA) is 43.8 Å². The van der Waals surface area contributed by atoms with Crippen molar-refractivity contribution in [2.45, 2.75) is 31.5 Å². The van der Waals surface area contributed by atoms with Crippen molar-refractivity contribution in [2.24, 2.45) is 0 Å². The minimum atomic E-state index is -0.243. The lowest BCUT2D eigenvalue weighted by molar-refractivity contribution is -0.162. The fourth-order valence-electron chi connectivity index (χ4n) is 5.22. The van der Waals surface area contributed by atoms with E-state index in [1.807, 2.05) is 35.2 Å². The second-order valence-corrected chi connectivity index (χ2v) is 8.90. The van der Waals surface area contributed by atoms with Crippen molar-refractivity contribution < 1.29 is 14.3 Å². The molecule has 0 aliphatic carbocycles. The smallest absolute Gasteiger partial charge is 0.237 e. The highest BCUT2D eigenvalue weighted by Crippen LogP contribution is 2.43. The van der Waals surface area contributed by atoms with Crippen LogP contribution in [0.1, 0.15) is 22.6 Å². The molecule has 5 heteroatoms. The molecule has 3 aromatic rings. The summed E-state index contributed by atoms with van der Waals surface area (Å²) in [6.07, 6.45) is 0. The van der Waals surface area contributed by atoms with E-state index in [9.17, 15) is 14.3 Å². The number of piperazine rings is 1. The maximum Gasteiger partial charge on any atom is 0.237 e. The Hall–Kier alpha value is -3.02. The predicted octanol–water partition coefficient (Wildman–Crippen LogP) is 3.97. The lowest BCUT2D eigenvalue weighted by Gasteiger charge is -2.59. The molecule has 5 rings (SSSR count). The van der Waals surface area contributed by atoms with Gasteiger partial charge in [-0.1, -0.05) is 72.3 Å². The number of aliphatic hydroxyl groups excluding tert-OH is 1. The summed E-state index contributed by atoms with van der Waals surface area (Å²) in [6.45, 7) is 3.90. The van der Waals surface area contributed by atoms with Crippen molar-refractivity contribution in [3.63, 3.8) is 0 Å². The lowest BCUT2D eigenvalue weighted by atomic mass is 9.73. The number of amides is 1. The van der Waals surface area contributed by atoms with Gasteiger partial charge in [0, 0.05) is 24.6 Å². The van der Waals surface area contributed by atoms with Gasteiger partial charge in [-0.2, -0.15) is 0 Å². The average molecular weight is 431 g/mol. The van der Waals surface area contributed by atoms with Crippen LogP contribution in [0, 0.1) is 12.7 Å². The van der Waals surface area contributed by atoms with Gasteiger partial charge in [-0.25, -0.2) is 4.39 Å². The van der Waals surface area contributed by atoms with Gasteiger partial charge in [-0.3, -0.25) is 9.69 Å². The normalized spacial score (nSPS) is 23.0. The summed E-state index contributed by atoms with van der Waals surface area (Å²) in [5.74, 6) is -0.0981. The first-order valence-corrected chi connectivity index (χ1v) is 11.1. The number of aryl methyl sites for hydroxylation is 1. The molecule has 1 N–H and O–H groups in total. The molecule has 2 aliphatic rings. The summed E-state index contributed by atoms with van der Waals surface area (Å²) in [7, 11) is 0. The zero-order valence-corrected chi connectivity index (χ0v) is 18.1. The highest BCUT2D eigenvalue weighted by molar-refractivity contribution is 5.81. The quantitative estimate of drug-likeness (QED) is 0.666. The number of hydrogen-bond donors (Lipinski definition) is 1. The van der Waals surface area contributed by atoms with E-state index in [4.69, 9.17) is 0 Å². The Kier molecular flexibility index (Phi) is 5.53. The van der Waals surface area contributed by atoms with Crippen molar-refractivity contribution in [1.82, 2.24) is 9.80 Å². The molecule has 4 nitrogen and oxygen atoms in total. The largest absolute Gasteiger partial charge is 0.394 e. The van der Waals surface area contributed by atoms with Crippen LogP contribution in [0.5, 0.6) is 0 Å². The Bertz CT molecular complexity index is 1110. The molecular formula is C27H27FN2O2. The third-order valence-electron chi connectivity index (χ3n) is 6.83. The number of halogens is 1. The van der Waals surface area contributed by atoms with Crippen LogP contribution in [-0.4, -0.2) is 52.6 Å². The number of nitrogens with zero attached hydrogens (tertiary/aromatic N) is 2. The number of rotatable bonds is 5. The summed E-state index contributed by atoms with van der Waals surface area (Å²) in [5.41, 5.74) is 4.89. The first-order chi connectivity index (χ1) is 15.5. The van der Waals surface area contributed by atoms with Gasteiger partial charge in [0.25, 0.3) is 0 Å². The minimum Gasteiger partial charge on any atom is -0.394 e. The van der Waals surface area contributed by atoms with Crippen molar-refractivity contribution >= 4 is 5.91 Å². The second-order valence-electron chi connectivity index (χ2n) is 8.90. The minimum absolute atomic E-state index is 0.0400. The number of aliphatic hydroxyl groups is 1. The molecule has 164 valence electrons. The van der Waals surface area contributed by atoms with E-state index in [0.717, 1.165) is 24.2 Å². The van der Waals surface area contributed by atoms with Gasteiger partial charge in [-0.05, 0) is 29.7 Å². The van der Waals surface area contributed by atoms with Crippen LogP contribution in [0.2, 0.25) is 0 Å². The van der Waals surface area contributed by atoms with Crippen molar-refractivity contribution in [3.05, 3.63) is 95.3 Å². The first-order valence-electron chi connectivity index (χ1n) is 11.1. The molecule has 2 fully saturated rings. The third-order valence-corrected chi connectivity index (χ3v) is 6.83. The van der Waals surface area contributed by atoms with Crippen molar-refractivity contribution in [3.8, 4) is 11.1 Å². The zero-order chi connectivity index (χ0) is 22.2. The van der Waals surface area contributed by atoms with Gasteiger partial charge in [0.1, 0.15) is 5.82 Å². The van der Waals surface area contributed by atoms with Crippen LogP contribution in [0.3, 0.4) is 0 Å². The molecule has 3 atom stereocenters. The Morgan fingerprint density at radius 1 is 1.00 bits per heavy atom. The van der Waals surface area contributed by atoms with E-state index in [-0.39, 0.29) is 36.3 Å². The summed E-state index contributed by atoms with van der Waals surface area (Å²) in [6, 6.07) is 22.9. The van der Waals surface area contributed by atoms with Crippen molar-refractivity contribution in [1.29, 1.82) is 0 Å². The molecule has 2 saturated heterocycles. The molecule has 0 bridgehead atoms. The molecule has 2 aliphatic heterocycles. The Morgan fingerprint density at radius 3 is 2.41 bits per heavy atom. The molecule has 1 amide bonds. The van der Waals surface area contributed by atoms with Crippen LogP contribution >= 0.6 is 0 Å². The van der Waals surface area contributed by atoms with Crippen molar-refractivity contribution in [2.75, 3.05) is 19.7 Å². The molecule has 0 radical (unpaired) electrons. The van der Waals surface area contributed by atoms with E-state index in [1.165, 1.54) is 17.2 Å². The first kappa shape index (κ1) is 20.9. The van der Waals surface area contributed by atoms with Gasteiger partial charge in [0.2, 0.25) is 5.91 Å². The Labute approximate surface area is 187 Å². The standard InChI is InChI=1S/C27H27FN2O2/c1-18-6-8-19(9-7-18)14-29-15-24-27(25(17-31)30(24)26(32)16-29)21-12-10-20(11-13-21)22-4-2-3-5-23(22)28/h2-13,24-25,27,31H,14-17H2,1H3/t24-,25-,27+/m0/s1. The number of carbonyl (C=O) groups is 1. The average Bonchev–Trinajstić information content (AvgIpc) is 2.78.